The molecule has 0 aromatic carbocycles. The van der Waals surface area contributed by atoms with Crippen molar-refractivity contribution in [1.29, 1.82) is 0 Å². The fraction of sp³-hybridized carbons (Fsp3) is 1.00. The molecule has 1 aliphatic heterocycles. The first-order valence-corrected chi connectivity index (χ1v) is 4.13. The molecule has 0 bridgehead atoms. The Balaban J connectivity index is 2.21. The van der Waals surface area contributed by atoms with Crippen molar-refractivity contribution in [3.63, 3.8) is 0 Å². The van der Waals surface area contributed by atoms with Gasteiger partial charge in [-0.05, 0) is 20.8 Å². The van der Waals surface area contributed by atoms with Gasteiger partial charge >= 0.3 is 0 Å². The van der Waals surface area contributed by atoms with Crippen LogP contribution in [0.25, 0.3) is 0 Å². The van der Waals surface area contributed by atoms with Gasteiger partial charge in [-0.15, -0.1) is 0 Å². The van der Waals surface area contributed by atoms with E-state index in [0.717, 1.165) is 19.8 Å². The van der Waals surface area contributed by atoms with Crippen molar-refractivity contribution < 1.29 is 9.47 Å². The molecule has 0 unspecified atom stereocenters. The summed E-state index contributed by atoms with van der Waals surface area (Å²) >= 11 is 0. The molecular weight excluding hydrogens is 140 g/mol. The third kappa shape index (κ3) is 2.80. The monoisotopic (exact) mass is 158 g/mol. The van der Waals surface area contributed by atoms with Crippen molar-refractivity contribution in [2.45, 2.75) is 33.3 Å². The normalized spacial score (nSPS) is 22.9. The van der Waals surface area contributed by atoms with Crippen molar-refractivity contribution in [3.8, 4) is 0 Å². The highest BCUT2D eigenvalue weighted by molar-refractivity contribution is 4.81. The summed E-state index contributed by atoms with van der Waals surface area (Å²) in [5.41, 5.74) is 0.270. The molecule has 0 N–H and O–H groups in total. The van der Waals surface area contributed by atoms with E-state index in [0.29, 0.717) is 0 Å². The van der Waals surface area contributed by atoms with Gasteiger partial charge in [0.15, 0.2) is 0 Å². The van der Waals surface area contributed by atoms with Crippen molar-refractivity contribution in [2.24, 2.45) is 5.41 Å². The first kappa shape index (κ1) is 9.01. The van der Waals surface area contributed by atoms with Gasteiger partial charge in [0, 0.05) is 5.41 Å². The molecule has 1 heterocycles. The zero-order valence-electron chi connectivity index (χ0n) is 7.94. The van der Waals surface area contributed by atoms with Crippen LogP contribution in [0, 0.1) is 5.41 Å². The van der Waals surface area contributed by atoms with Gasteiger partial charge in [-0.3, -0.25) is 0 Å². The molecule has 0 radical (unpaired) electrons. The van der Waals surface area contributed by atoms with Crippen LogP contribution in [0.5, 0.6) is 0 Å². The Morgan fingerprint density at radius 1 is 1.36 bits per heavy atom. The first-order valence-electron chi connectivity index (χ1n) is 4.13. The van der Waals surface area contributed by atoms with Crippen LogP contribution in [-0.4, -0.2) is 25.4 Å². The topological polar surface area (TPSA) is 18.5 Å². The van der Waals surface area contributed by atoms with Crippen LogP contribution >= 0.6 is 0 Å². The molecule has 2 nitrogen and oxygen atoms in total. The van der Waals surface area contributed by atoms with Crippen LogP contribution < -0.4 is 0 Å². The van der Waals surface area contributed by atoms with E-state index in [9.17, 15) is 0 Å². The van der Waals surface area contributed by atoms with Gasteiger partial charge in [-0.25, -0.2) is 0 Å². The summed E-state index contributed by atoms with van der Waals surface area (Å²) in [4.78, 5) is 0. The lowest BCUT2D eigenvalue weighted by Gasteiger charge is -2.39. The van der Waals surface area contributed by atoms with Crippen LogP contribution in [0.4, 0.5) is 0 Å². The smallest absolute Gasteiger partial charge is 0.0598 e. The number of hydrogen-bond acceptors (Lipinski definition) is 2. The highest BCUT2D eigenvalue weighted by Gasteiger charge is 2.34. The summed E-state index contributed by atoms with van der Waals surface area (Å²) in [5, 5.41) is 0. The number of ether oxygens (including phenoxy) is 2. The van der Waals surface area contributed by atoms with Gasteiger partial charge < -0.3 is 9.47 Å². The molecule has 1 aliphatic rings. The fourth-order valence-electron chi connectivity index (χ4n) is 0.925. The van der Waals surface area contributed by atoms with Gasteiger partial charge in [0.2, 0.25) is 0 Å². The van der Waals surface area contributed by atoms with Crippen LogP contribution in [0.2, 0.25) is 0 Å². The van der Waals surface area contributed by atoms with E-state index in [-0.39, 0.29) is 11.0 Å². The maximum Gasteiger partial charge on any atom is 0.0598 e. The minimum atomic E-state index is -0.0153. The lowest BCUT2D eigenvalue weighted by molar-refractivity contribution is -0.160. The molecule has 2 heteroatoms. The molecule has 0 aliphatic carbocycles. The standard InChI is InChI=1S/C9H18O2/c1-8(2,3)11-7-9(4)5-10-6-9/h5-7H2,1-4H3. The largest absolute Gasteiger partial charge is 0.380 e. The molecule has 0 spiro atoms. The lowest BCUT2D eigenvalue weighted by atomic mass is 9.90. The lowest BCUT2D eigenvalue weighted by Crippen LogP contribution is -2.45. The summed E-state index contributed by atoms with van der Waals surface area (Å²) in [5.74, 6) is 0. The molecule has 0 aromatic heterocycles. The third-order valence-electron chi connectivity index (χ3n) is 1.75. The zero-order valence-corrected chi connectivity index (χ0v) is 7.94. The molecule has 1 rings (SSSR count). The van der Waals surface area contributed by atoms with E-state index >= 15 is 0 Å². The summed E-state index contributed by atoms with van der Waals surface area (Å²) in [6.07, 6.45) is 0. The van der Waals surface area contributed by atoms with Gasteiger partial charge in [-0.1, -0.05) is 6.92 Å². The van der Waals surface area contributed by atoms with E-state index in [4.69, 9.17) is 9.47 Å². The van der Waals surface area contributed by atoms with Crippen molar-refractivity contribution in [3.05, 3.63) is 0 Å². The quantitative estimate of drug-likeness (QED) is 0.610. The first-order chi connectivity index (χ1) is 4.91. The number of rotatable bonds is 2. The SMILES string of the molecule is CC1(COC(C)(C)C)COC1. The maximum absolute atomic E-state index is 5.66. The van der Waals surface area contributed by atoms with Gasteiger partial charge in [-0.2, -0.15) is 0 Å². The van der Waals surface area contributed by atoms with Crippen molar-refractivity contribution in [1.82, 2.24) is 0 Å². The molecular formula is C9H18O2. The maximum atomic E-state index is 5.66. The van der Waals surface area contributed by atoms with Gasteiger partial charge in [0.1, 0.15) is 0 Å². The van der Waals surface area contributed by atoms with Crippen LogP contribution in [0.1, 0.15) is 27.7 Å². The Labute approximate surface area is 68.9 Å². The van der Waals surface area contributed by atoms with Crippen LogP contribution in [-0.2, 0) is 9.47 Å². The molecule has 66 valence electrons. The minimum absolute atomic E-state index is 0.0153. The Kier molecular flexibility index (Phi) is 2.26. The van der Waals surface area contributed by atoms with Gasteiger partial charge in [0.05, 0.1) is 25.4 Å². The van der Waals surface area contributed by atoms with E-state index in [2.05, 4.69) is 27.7 Å². The average Bonchev–Trinajstić information content (AvgIpc) is 1.77. The second-order valence-corrected chi connectivity index (χ2v) is 4.70. The number of hydrogen-bond donors (Lipinski definition) is 0. The predicted molar refractivity (Wildman–Crippen MR) is 44.6 cm³/mol. The van der Waals surface area contributed by atoms with E-state index in [1.807, 2.05) is 0 Å². The second kappa shape index (κ2) is 2.76. The molecule has 11 heavy (non-hydrogen) atoms. The second-order valence-electron chi connectivity index (χ2n) is 4.70. The Morgan fingerprint density at radius 2 is 1.91 bits per heavy atom. The average molecular weight is 158 g/mol. The van der Waals surface area contributed by atoms with Crippen molar-refractivity contribution in [2.75, 3.05) is 19.8 Å². The van der Waals surface area contributed by atoms with Crippen LogP contribution in [0.3, 0.4) is 0 Å². The zero-order chi connectivity index (χ0) is 8.54. The minimum Gasteiger partial charge on any atom is -0.380 e. The third-order valence-corrected chi connectivity index (χ3v) is 1.75. The van der Waals surface area contributed by atoms with E-state index in [1.165, 1.54) is 0 Å². The molecule has 0 saturated carbocycles. The highest BCUT2D eigenvalue weighted by Crippen LogP contribution is 2.28. The Bertz CT molecular complexity index is 131. The summed E-state index contributed by atoms with van der Waals surface area (Å²) in [7, 11) is 0. The predicted octanol–water partition coefficient (Wildman–Crippen LogP) is 1.84. The molecule has 0 amide bonds. The Morgan fingerprint density at radius 3 is 2.18 bits per heavy atom. The highest BCUT2D eigenvalue weighted by atomic mass is 16.5. The molecule has 1 saturated heterocycles. The Hall–Kier alpha value is -0.0800. The van der Waals surface area contributed by atoms with Crippen molar-refractivity contribution >= 4 is 0 Å². The summed E-state index contributed by atoms with van der Waals surface area (Å²) in [6, 6.07) is 0. The summed E-state index contributed by atoms with van der Waals surface area (Å²) in [6.45, 7) is 11.0. The fourth-order valence-corrected chi connectivity index (χ4v) is 0.925. The molecule has 1 fully saturated rings. The summed E-state index contributed by atoms with van der Waals surface area (Å²) < 4.78 is 10.8. The van der Waals surface area contributed by atoms with E-state index < -0.39 is 0 Å². The van der Waals surface area contributed by atoms with Crippen LogP contribution in [0.15, 0.2) is 0 Å². The van der Waals surface area contributed by atoms with E-state index in [1.54, 1.807) is 0 Å². The van der Waals surface area contributed by atoms with Gasteiger partial charge in [0.25, 0.3) is 0 Å². The molecule has 0 aromatic rings. The molecule has 0 atom stereocenters.